The Morgan fingerprint density at radius 1 is 1.19 bits per heavy atom. The molecule has 0 spiro atoms. The molecule has 0 aliphatic heterocycles. The van der Waals surface area contributed by atoms with Crippen molar-refractivity contribution in [1.82, 2.24) is 0 Å². The Bertz CT molecular complexity index is 543. The number of hydrogen-bond acceptors (Lipinski definition) is 1. The minimum Gasteiger partial charge on any atom is -0.392 e. The predicted molar refractivity (Wildman–Crippen MR) is 88.5 cm³/mol. The zero-order chi connectivity index (χ0) is 15.3. The number of aliphatic hydroxyl groups is 1. The lowest BCUT2D eigenvalue weighted by Crippen LogP contribution is -2.48. The standard InChI is InChI=1S/C20H30O/c1-5-15-14(13-21)7-9-17-16(15)8-10-18-19(2,3)11-6-12-20(17,18)4/h7,9,18,21H,5-6,8,10-13H2,1-4H3/t18-,20-/m0/s1. The maximum Gasteiger partial charge on any atom is 0.0684 e. The van der Waals surface area contributed by atoms with E-state index in [0.29, 0.717) is 10.8 Å². The number of benzene rings is 1. The van der Waals surface area contributed by atoms with Gasteiger partial charge < -0.3 is 5.11 Å². The summed E-state index contributed by atoms with van der Waals surface area (Å²) in [7, 11) is 0. The molecule has 1 fully saturated rings. The summed E-state index contributed by atoms with van der Waals surface area (Å²) >= 11 is 0. The highest BCUT2D eigenvalue weighted by atomic mass is 16.3. The van der Waals surface area contributed by atoms with Crippen LogP contribution in [0.4, 0.5) is 0 Å². The number of rotatable bonds is 2. The summed E-state index contributed by atoms with van der Waals surface area (Å²) in [5.74, 6) is 0.802. The summed E-state index contributed by atoms with van der Waals surface area (Å²) in [6, 6.07) is 4.53. The van der Waals surface area contributed by atoms with E-state index in [-0.39, 0.29) is 6.61 Å². The zero-order valence-corrected chi connectivity index (χ0v) is 14.1. The Morgan fingerprint density at radius 2 is 1.95 bits per heavy atom. The van der Waals surface area contributed by atoms with Gasteiger partial charge in [0.2, 0.25) is 0 Å². The fraction of sp³-hybridized carbons (Fsp3) is 0.700. The van der Waals surface area contributed by atoms with E-state index in [0.717, 1.165) is 17.9 Å². The minimum absolute atomic E-state index is 0.183. The lowest BCUT2D eigenvalue weighted by molar-refractivity contribution is 0.0405. The third-order valence-electron chi connectivity index (χ3n) is 6.58. The van der Waals surface area contributed by atoms with Crippen LogP contribution in [0.15, 0.2) is 12.1 Å². The van der Waals surface area contributed by atoms with Crippen LogP contribution in [-0.2, 0) is 24.9 Å². The smallest absolute Gasteiger partial charge is 0.0684 e. The number of fused-ring (bicyclic) bond motifs is 3. The Balaban J connectivity index is 2.15. The maximum atomic E-state index is 9.63. The lowest BCUT2D eigenvalue weighted by Gasteiger charge is -2.54. The van der Waals surface area contributed by atoms with E-state index in [2.05, 4.69) is 39.8 Å². The largest absolute Gasteiger partial charge is 0.392 e. The molecule has 0 heterocycles. The SMILES string of the molecule is CCc1c(CO)ccc2c1CC[C@H]1C(C)(C)CCC[C@@]21C. The molecule has 116 valence electrons. The lowest BCUT2D eigenvalue weighted by atomic mass is 9.50. The second-order valence-corrected chi connectivity index (χ2v) is 8.09. The van der Waals surface area contributed by atoms with Gasteiger partial charge in [-0.3, -0.25) is 0 Å². The monoisotopic (exact) mass is 286 g/mol. The van der Waals surface area contributed by atoms with Gasteiger partial charge in [-0.1, -0.05) is 46.2 Å². The highest BCUT2D eigenvalue weighted by Crippen LogP contribution is 2.57. The summed E-state index contributed by atoms with van der Waals surface area (Å²) < 4.78 is 0. The molecule has 2 aliphatic carbocycles. The van der Waals surface area contributed by atoms with Crippen LogP contribution in [0.2, 0.25) is 0 Å². The van der Waals surface area contributed by atoms with Crippen molar-refractivity contribution in [1.29, 1.82) is 0 Å². The molecule has 1 nitrogen and oxygen atoms in total. The molecule has 0 aromatic heterocycles. The van der Waals surface area contributed by atoms with Gasteiger partial charge in [-0.25, -0.2) is 0 Å². The van der Waals surface area contributed by atoms with Crippen molar-refractivity contribution in [3.8, 4) is 0 Å². The normalized spacial score (nSPS) is 30.6. The molecule has 0 unspecified atom stereocenters. The molecule has 1 aromatic rings. The molecule has 1 aromatic carbocycles. The number of hydrogen-bond donors (Lipinski definition) is 1. The molecule has 21 heavy (non-hydrogen) atoms. The highest BCUT2D eigenvalue weighted by Gasteiger charge is 2.49. The van der Waals surface area contributed by atoms with Crippen molar-refractivity contribution >= 4 is 0 Å². The van der Waals surface area contributed by atoms with Crippen LogP contribution in [0.1, 0.15) is 75.6 Å². The number of aliphatic hydroxyl groups excluding tert-OH is 1. The second-order valence-electron chi connectivity index (χ2n) is 8.09. The molecule has 0 saturated heterocycles. The Kier molecular flexibility index (Phi) is 3.68. The maximum absolute atomic E-state index is 9.63. The van der Waals surface area contributed by atoms with E-state index in [1.807, 2.05) is 0 Å². The van der Waals surface area contributed by atoms with E-state index in [1.165, 1.54) is 37.7 Å². The second kappa shape index (κ2) is 5.12. The molecule has 1 saturated carbocycles. The van der Waals surface area contributed by atoms with Crippen molar-refractivity contribution in [3.05, 3.63) is 34.4 Å². The molecule has 1 heteroatoms. The predicted octanol–water partition coefficient (Wildman–Crippen LogP) is 4.77. The van der Waals surface area contributed by atoms with Gasteiger partial charge in [-0.15, -0.1) is 0 Å². The van der Waals surface area contributed by atoms with E-state index in [1.54, 1.807) is 11.1 Å². The van der Waals surface area contributed by atoms with E-state index < -0.39 is 0 Å². The van der Waals surface area contributed by atoms with Gasteiger partial charge in [0.05, 0.1) is 6.61 Å². The first kappa shape index (κ1) is 15.1. The van der Waals surface area contributed by atoms with Crippen LogP contribution in [-0.4, -0.2) is 5.11 Å². The van der Waals surface area contributed by atoms with Crippen LogP contribution < -0.4 is 0 Å². The van der Waals surface area contributed by atoms with Gasteiger partial charge in [-0.2, -0.15) is 0 Å². The molecule has 2 atom stereocenters. The Labute approximate surface area is 129 Å². The first-order chi connectivity index (χ1) is 9.94. The fourth-order valence-electron chi connectivity index (χ4n) is 5.59. The summed E-state index contributed by atoms with van der Waals surface area (Å²) in [6.45, 7) is 9.87. The van der Waals surface area contributed by atoms with E-state index >= 15 is 0 Å². The quantitative estimate of drug-likeness (QED) is 0.830. The van der Waals surface area contributed by atoms with Crippen molar-refractivity contribution < 1.29 is 5.11 Å². The van der Waals surface area contributed by atoms with Crippen LogP contribution in [0.25, 0.3) is 0 Å². The molecule has 3 rings (SSSR count). The first-order valence-corrected chi connectivity index (χ1v) is 8.69. The summed E-state index contributed by atoms with van der Waals surface area (Å²) in [5, 5.41) is 9.63. The third kappa shape index (κ3) is 2.16. The Hall–Kier alpha value is -0.820. The van der Waals surface area contributed by atoms with Gasteiger partial charge in [0.1, 0.15) is 0 Å². The molecule has 0 radical (unpaired) electrons. The minimum atomic E-state index is 0.183. The zero-order valence-electron chi connectivity index (χ0n) is 14.1. The Morgan fingerprint density at radius 3 is 2.62 bits per heavy atom. The molecule has 0 bridgehead atoms. The average Bonchev–Trinajstić information content (AvgIpc) is 2.45. The van der Waals surface area contributed by atoms with Crippen molar-refractivity contribution in [2.24, 2.45) is 11.3 Å². The van der Waals surface area contributed by atoms with Crippen LogP contribution in [0.5, 0.6) is 0 Å². The van der Waals surface area contributed by atoms with Crippen LogP contribution >= 0.6 is 0 Å². The summed E-state index contributed by atoms with van der Waals surface area (Å²) in [4.78, 5) is 0. The summed E-state index contributed by atoms with van der Waals surface area (Å²) in [5.41, 5.74) is 6.55. The van der Waals surface area contributed by atoms with Crippen LogP contribution in [0.3, 0.4) is 0 Å². The summed E-state index contributed by atoms with van der Waals surface area (Å²) in [6.07, 6.45) is 7.62. The van der Waals surface area contributed by atoms with Gasteiger partial charge in [0.25, 0.3) is 0 Å². The molecule has 0 amide bonds. The van der Waals surface area contributed by atoms with Gasteiger partial charge in [0.15, 0.2) is 0 Å². The first-order valence-electron chi connectivity index (χ1n) is 8.69. The van der Waals surface area contributed by atoms with Crippen molar-refractivity contribution in [3.63, 3.8) is 0 Å². The molecule has 1 N–H and O–H groups in total. The van der Waals surface area contributed by atoms with Gasteiger partial charge in [-0.05, 0) is 71.1 Å². The van der Waals surface area contributed by atoms with Crippen LogP contribution in [0, 0.1) is 11.3 Å². The highest BCUT2D eigenvalue weighted by molar-refractivity contribution is 5.47. The van der Waals surface area contributed by atoms with E-state index in [9.17, 15) is 5.11 Å². The van der Waals surface area contributed by atoms with Crippen molar-refractivity contribution in [2.75, 3.05) is 0 Å². The molecular formula is C20H30O. The molecule has 2 aliphatic rings. The van der Waals surface area contributed by atoms with Gasteiger partial charge >= 0.3 is 0 Å². The molecular weight excluding hydrogens is 256 g/mol. The third-order valence-corrected chi connectivity index (χ3v) is 6.58. The fourth-order valence-corrected chi connectivity index (χ4v) is 5.59. The topological polar surface area (TPSA) is 20.2 Å². The van der Waals surface area contributed by atoms with Gasteiger partial charge in [0, 0.05) is 0 Å². The van der Waals surface area contributed by atoms with Crippen molar-refractivity contribution in [2.45, 2.75) is 78.2 Å². The average molecular weight is 286 g/mol. The van der Waals surface area contributed by atoms with E-state index in [4.69, 9.17) is 0 Å².